The molecule has 0 saturated heterocycles. The van der Waals surface area contributed by atoms with E-state index in [1.165, 1.54) is 85.7 Å². The van der Waals surface area contributed by atoms with Crippen LogP contribution in [0.4, 0.5) is 0 Å². The molecule has 1 aromatic heterocycles. The summed E-state index contributed by atoms with van der Waals surface area (Å²) in [6, 6.07) is 16.1. The summed E-state index contributed by atoms with van der Waals surface area (Å²) >= 11 is 0. The summed E-state index contributed by atoms with van der Waals surface area (Å²) in [5.74, 6) is 0. The van der Waals surface area contributed by atoms with Gasteiger partial charge in [-0.2, -0.15) is 0 Å². The first-order valence-corrected chi connectivity index (χ1v) is 12.9. The van der Waals surface area contributed by atoms with Crippen molar-refractivity contribution in [2.45, 2.75) is 55.4 Å². The summed E-state index contributed by atoms with van der Waals surface area (Å²) in [6.07, 6.45) is 0. The number of aromatic nitrogens is 2. The second-order valence-corrected chi connectivity index (χ2v) is 11.0. The van der Waals surface area contributed by atoms with Gasteiger partial charge in [0.1, 0.15) is 5.20 Å². The van der Waals surface area contributed by atoms with Crippen LogP contribution in [0, 0.1) is 60.6 Å². The van der Waals surface area contributed by atoms with Crippen LogP contribution in [0.5, 0.6) is 0 Å². The summed E-state index contributed by atoms with van der Waals surface area (Å²) in [5, 5.41) is 2.68. The topological polar surface area (TPSA) is 9.86 Å². The van der Waals surface area contributed by atoms with Gasteiger partial charge < -0.3 is 9.13 Å². The van der Waals surface area contributed by atoms with E-state index in [0.717, 1.165) is 0 Å². The molecule has 1 heterocycles. The van der Waals surface area contributed by atoms with E-state index in [0.29, 0.717) is 0 Å². The molecule has 0 saturated carbocycles. The molecule has 0 fully saturated rings. The minimum Gasteiger partial charge on any atom is -0.329 e. The third-order valence-electron chi connectivity index (χ3n) is 7.27. The highest BCUT2D eigenvalue weighted by Gasteiger charge is 2.18. The Morgan fingerprint density at radius 2 is 0.912 bits per heavy atom. The molecule has 0 spiro atoms. The Hall–Kier alpha value is -2.83. The zero-order valence-corrected chi connectivity index (χ0v) is 23.3. The van der Waals surface area contributed by atoms with Crippen molar-refractivity contribution >= 4 is 13.5 Å². The highest BCUT2D eigenvalue weighted by Crippen LogP contribution is 2.36. The maximum absolute atomic E-state index is 2.35. The van der Waals surface area contributed by atoms with Gasteiger partial charge >= 0.3 is 0 Å². The number of nitrogens with zero attached hydrogens (tertiary/aromatic N) is 2. The van der Waals surface area contributed by atoms with Gasteiger partial charge in [0.05, 0.1) is 0 Å². The van der Waals surface area contributed by atoms with E-state index in [1.807, 2.05) is 0 Å². The van der Waals surface area contributed by atoms with Gasteiger partial charge in [-0.25, -0.2) is 0 Å². The summed E-state index contributed by atoms with van der Waals surface area (Å²) in [5.41, 5.74) is 16.0. The monoisotopic (exact) mass is 468 g/mol. The van der Waals surface area contributed by atoms with Gasteiger partial charge in [-0.05, 0) is 108 Å². The molecule has 0 amide bonds. The highest BCUT2D eigenvalue weighted by molar-refractivity contribution is 7.39. The minimum absolute atomic E-state index is 1.22. The molecule has 4 aromatic rings. The van der Waals surface area contributed by atoms with Crippen molar-refractivity contribution in [3.05, 3.63) is 92.4 Å². The highest BCUT2D eigenvalue weighted by atomic mass is 31.1. The molecular formula is C31H37N2P. The van der Waals surface area contributed by atoms with Crippen molar-refractivity contribution in [2.75, 3.05) is 0 Å². The van der Waals surface area contributed by atoms with Crippen molar-refractivity contribution in [1.29, 1.82) is 0 Å². The molecule has 34 heavy (non-hydrogen) atoms. The molecule has 3 heteroatoms. The van der Waals surface area contributed by atoms with E-state index in [4.69, 9.17) is 0 Å². The zero-order chi connectivity index (χ0) is 24.9. The number of imidazole rings is 1. The number of rotatable bonds is 3. The summed E-state index contributed by atoms with van der Waals surface area (Å²) < 4.78 is 4.70. The number of benzene rings is 3. The van der Waals surface area contributed by atoms with E-state index < -0.39 is 0 Å². The summed E-state index contributed by atoms with van der Waals surface area (Å²) in [6.45, 7) is 17.8. The van der Waals surface area contributed by atoms with Crippen LogP contribution < -0.4 is 5.30 Å². The standard InChI is InChI=1S/C31H37N2P/c1-18-14-20(3)28(21(4)15-18)26-12-11-13-27(29-22(5)16-19(2)17-23(29)6)30(26)34-31-32(9)24(7)25(8)33(31)10/h11-17H,1-10H3. The van der Waals surface area contributed by atoms with E-state index in [9.17, 15) is 0 Å². The fourth-order valence-electron chi connectivity index (χ4n) is 5.54. The molecule has 0 atom stereocenters. The van der Waals surface area contributed by atoms with Crippen molar-refractivity contribution in [3.63, 3.8) is 0 Å². The fraction of sp³-hybridized carbons (Fsp3) is 0.323. The van der Waals surface area contributed by atoms with E-state index in [-0.39, 0.29) is 0 Å². The fourth-order valence-corrected chi connectivity index (χ4v) is 6.95. The van der Waals surface area contributed by atoms with Gasteiger partial charge in [0.15, 0.2) is 0 Å². The van der Waals surface area contributed by atoms with Gasteiger partial charge in [-0.15, -0.1) is 0 Å². The third-order valence-corrected chi connectivity index (χ3v) is 8.78. The molecule has 0 aliphatic rings. The number of hydrogen-bond donors (Lipinski definition) is 0. The third kappa shape index (κ3) is 4.10. The minimum atomic E-state index is 1.22. The first kappa shape index (κ1) is 24.3. The van der Waals surface area contributed by atoms with Crippen LogP contribution in [0.2, 0.25) is 0 Å². The molecular weight excluding hydrogens is 431 g/mol. The Bertz CT molecular complexity index is 1340. The van der Waals surface area contributed by atoms with Crippen molar-refractivity contribution in [1.82, 2.24) is 9.13 Å². The van der Waals surface area contributed by atoms with Crippen LogP contribution in [0.3, 0.4) is 0 Å². The van der Waals surface area contributed by atoms with Gasteiger partial charge in [0.25, 0.3) is 0 Å². The zero-order valence-electron chi connectivity index (χ0n) is 22.4. The molecule has 0 unspecified atom stereocenters. The summed E-state index contributed by atoms with van der Waals surface area (Å²) in [4.78, 5) is 0. The Kier molecular flexibility index (Phi) is 6.49. The second kappa shape index (κ2) is 9.08. The molecule has 0 N–H and O–H groups in total. The Morgan fingerprint density at radius 1 is 0.559 bits per heavy atom. The maximum atomic E-state index is 2.35. The van der Waals surface area contributed by atoms with Crippen LogP contribution in [0.1, 0.15) is 44.8 Å². The van der Waals surface area contributed by atoms with Gasteiger partial charge in [-0.1, -0.05) is 53.6 Å². The average molecular weight is 469 g/mol. The molecule has 3 aromatic carbocycles. The molecule has 2 nitrogen and oxygen atoms in total. The smallest absolute Gasteiger partial charge is 0.140 e. The Morgan fingerprint density at radius 3 is 1.26 bits per heavy atom. The van der Waals surface area contributed by atoms with Crippen molar-refractivity contribution in [3.8, 4) is 22.3 Å². The average Bonchev–Trinajstić information content (AvgIpc) is 2.91. The molecule has 0 radical (unpaired) electrons. The first-order valence-electron chi connectivity index (χ1n) is 12.0. The SMILES string of the molecule is Cc1cc(C)c(-c2cccc(-c3c(C)cc(C)cc3C)c2P=c2n(C)c(C)c(C)n2C)c(C)c1. The van der Waals surface area contributed by atoms with Crippen LogP contribution in [0.25, 0.3) is 22.3 Å². The molecule has 176 valence electrons. The van der Waals surface area contributed by atoms with E-state index >= 15 is 0 Å². The molecule has 4 rings (SSSR count). The van der Waals surface area contributed by atoms with Crippen molar-refractivity contribution < 1.29 is 0 Å². The molecule has 0 aliphatic heterocycles. The second-order valence-electron chi connectivity index (χ2n) is 9.95. The van der Waals surface area contributed by atoms with Crippen LogP contribution >= 0.6 is 8.20 Å². The molecule has 0 bridgehead atoms. The number of aryl methyl sites for hydroxylation is 6. The Labute approximate surface area is 206 Å². The van der Waals surface area contributed by atoms with Gasteiger partial charge in [0, 0.05) is 30.8 Å². The van der Waals surface area contributed by atoms with Crippen LogP contribution in [0.15, 0.2) is 42.5 Å². The largest absolute Gasteiger partial charge is 0.329 e. The Balaban J connectivity index is 2.18. The normalized spacial score (nSPS) is 11.5. The lowest BCUT2D eigenvalue weighted by atomic mass is 9.89. The van der Waals surface area contributed by atoms with E-state index in [2.05, 4.69) is 121 Å². The predicted molar refractivity (Wildman–Crippen MR) is 149 cm³/mol. The quantitative estimate of drug-likeness (QED) is 0.270. The van der Waals surface area contributed by atoms with Crippen molar-refractivity contribution in [2.24, 2.45) is 14.1 Å². The lowest BCUT2D eigenvalue weighted by Gasteiger charge is -2.19. The first-order chi connectivity index (χ1) is 16.0. The summed E-state index contributed by atoms with van der Waals surface area (Å²) in [7, 11) is 5.60. The predicted octanol–water partition coefficient (Wildman–Crippen LogP) is 7.97. The van der Waals surface area contributed by atoms with Crippen LogP contribution in [-0.2, 0) is 14.1 Å². The number of hydrogen-bond acceptors (Lipinski definition) is 0. The maximum Gasteiger partial charge on any atom is 0.140 e. The lowest BCUT2D eigenvalue weighted by molar-refractivity contribution is 0.794. The lowest BCUT2D eigenvalue weighted by Crippen LogP contribution is -2.08. The van der Waals surface area contributed by atoms with Gasteiger partial charge in [0.2, 0.25) is 0 Å². The van der Waals surface area contributed by atoms with Crippen LogP contribution in [-0.4, -0.2) is 9.13 Å². The van der Waals surface area contributed by atoms with Gasteiger partial charge in [-0.3, -0.25) is 0 Å². The molecule has 0 aliphatic carbocycles. The van der Waals surface area contributed by atoms with E-state index in [1.54, 1.807) is 0 Å².